The Labute approximate surface area is 172 Å². The van der Waals surface area contributed by atoms with E-state index in [0.717, 1.165) is 0 Å². The Morgan fingerprint density at radius 2 is 1.59 bits per heavy atom. The van der Waals surface area contributed by atoms with Crippen LogP contribution in [0.15, 0.2) is 0 Å². The van der Waals surface area contributed by atoms with Gasteiger partial charge in [0.1, 0.15) is 17.7 Å². The molecule has 0 spiro atoms. The largest absolute Gasteiger partial charge is 0.480 e. The SMILES string of the molecule is CC(C)[C@@H](N)C(=O)N[C@@H](CCCCNC(=O)OC(C)(C)C)C(=O)N[C@H](C)C(=O)O. The third kappa shape index (κ3) is 11.9. The molecule has 0 heterocycles. The van der Waals surface area contributed by atoms with E-state index in [9.17, 15) is 19.2 Å². The number of ether oxygens (including phenoxy) is 1. The highest BCUT2D eigenvalue weighted by Crippen LogP contribution is 2.07. The van der Waals surface area contributed by atoms with E-state index in [-0.39, 0.29) is 12.3 Å². The smallest absolute Gasteiger partial charge is 0.407 e. The molecular weight excluding hydrogens is 380 g/mol. The molecule has 0 saturated carbocycles. The maximum atomic E-state index is 12.4. The molecule has 0 rings (SSSR count). The first kappa shape index (κ1) is 26.6. The van der Waals surface area contributed by atoms with Crippen molar-refractivity contribution in [2.45, 2.75) is 84.5 Å². The summed E-state index contributed by atoms with van der Waals surface area (Å²) in [6, 6.07) is -2.79. The molecule has 0 fully saturated rings. The monoisotopic (exact) mass is 416 g/mol. The molecule has 0 aromatic carbocycles. The maximum Gasteiger partial charge on any atom is 0.407 e. The molecule has 10 nitrogen and oxygen atoms in total. The van der Waals surface area contributed by atoms with Crippen LogP contribution in [0.4, 0.5) is 4.79 Å². The lowest BCUT2D eigenvalue weighted by molar-refractivity contribution is -0.141. The highest BCUT2D eigenvalue weighted by molar-refractivity contribution is 5.91. The molecule has 0 aliphatic carbocycles. The lowest BCUT2D eigenvalue weighted by Crippen LogP contribution is -2.54. The van der Waals surface area contributed by atoms with Crippen LogP contribution in [-0.2, 0) is 19.1 Å². The Balaban J connectivity index is 4.70. The highest BCUT2D eigenvalue weighted by Gasteiger charge is 2.27. The van der Waals surface area contributed by atoms with Gasteiger partial charge in [0.2, 0.25) is 11.8 Å². The van der Waals surface area contributed by atoms with Crippen molar-refractivity contribution in [2.75, 3.05) is 6.54 Å². The second-order valence-corrected chi connectivity index (χ2v) is 8.32. The van der Waals surface area contributed by atoms with Gasteiger partial charge in [0.15, 0.2) is 0 Å². The topological polar surface area (TPSA) is 160 Å². The van der Waals surface area contributed by atoms with Crippen molar-refractivity contribution >= 4 is 23.9 Å². The van der Waals surface area contributed by atoms with Crippen LogP contribution in [0.2, 0.25) is 0 Å². The van der Waals surface area contributed by atoms with Crippen molar-refractivity contribution < 1.29 is 29.0 Å². The van der Waals surface area contributed by atoms with Crippen molar-refractivity contribution in [3.63, 3.8) is 0 Å². The number of nitrogens with two attached hydrogens (primary N) is 1. The Morgan fingerprint density at radius 3 is 2.07 bits per heavy atom. The van der Waals surface area contributed by atoms with Crippen LogP contribution < -0.4 is 21.7 Å². The number of hydrogen-bond acceptors (Lipinski definition) is 6. The molecular formula is C19H36N4O6. The highest BCUT2D eigenvalue weighted by atomic mass is 16.6. The molecule has 3 atom stereocenters. The molecule has 0 aromatic rings. The molecule has 0 saturated heterocycles. The van der Waals surface area contributed by atoms with Crippen molar-refractivity contribution in [3.8, 4) is 0 Å². The van der Waals surface area contributed by atoms with Gasteiger partial charge in [-0.1, -0.05) is 13.8 Å². The third-order valence-electron chi connectivity index (χ3n) is 3.97. The van der Waals surface area contributed by atoms with Crippen LogP contribution in [-0.4, -0.2) is 59.3 Å². The average Bonchev–Trinajstić information content (AvgIpc) is 2.57. The molecule has 6 N–H and O–H groups in total. The second-order valence-electron chi connectivity index (χ2n) is 8.32. The predicted octanol–water partition coefficient (Wildman–Crippen LogP) is 0.739. The first-order chi connectivity index (χ1) is 13.2. The van der Waals surface area contributed by atoms with Crippen LogP contribution in [0.25, 0.3) is 0 Å². The van der Waals surface area contributed by atoms with E-state index >= 15 is 0 Å². The number of hydrogen-bond donors (Lipinski definition) is 5. The van der Waals surface area contributed by atoms with E-state index in [0.29, 0.717) is 19.4 Å². The summed E-state index contributed by atoms with van der Waals surface area (Å²) >= 11 is 0. The van der Waals surface area contributed by atoms with E-state index in [1.54, 1.807) is 34.6 Å². The molecule has 29 heavy (non-hydrogen) atoms. The lowest BCUT2D eigenvalue weighted by Gasteiger charge is -2.23. The minimum atomic E-state index is -1.18. The van der Waals surface area contributed by atoms with Gasteiger partial charge in [0, 0.05) is 6.54 Å². The molecule has 0 bridgehead atoms. The number of amides is 3. The molecule has 0 aliphatic rings. The number of carboxylic acid groups (broad SMARTS) is 1. The van der Waals surface area contributed by atoms with E-state index in [2.05, 4.69) is 16.0 Å². The summed E-state index contributed by atoms with van der Waals surface area (Å²) in [5.74, 6) is -2.36. The summed E-state index contributed by atoms with van der Waals surface area (Å²) in [6.45, 7) is 10.5. The Bertz CT molecular complexity index is 574. The van der Waals surface area contributed by atoms with Gasteiger partial charge < -0.3 is 31.5 Å². The van der Waals surface area contributed by atoms with Crippen LogP contribution in [0.3, 0.4) is 0 Å². The van der Waals surface area contributed by atoms with Gasteiger partial charge in [-0.3, -0.25) is 14.4 Å². The zero-order valence-electron chi connectivity index (χ0n) is 18.2. The number of carbonyl (C=O) groups is 4. The number of aliphatic carboxylic acids is 1. The maximum absolute atomic E-state index is 12.4. The number of rotatable bonds is 11. The van der Waals surface area contributed by atoms with E-state index in [1.807, 2.05) is 0 Å². The summed E-state index contributed by atoms with van der Waals surface area (Å²) in [5.41, 5.74) is 5.23. The molecule has 0 unspecified atom stereocenters. The molecule has 0 radical (unpaired) electrons. The molecule has 0 aliphatic heterocycles. The van der Waals surface area contributed by atoms with Gasteiger partial charge in [-0.2, -0.15) is 0 Å². The minimum Gasteiger partial charge on any atom is -0.480 e. The fraction of sp³-hybridized carbons (Fsp3) is 0.789. The fourth-order valence-corrected chi connectivity index (χ4v) is 2.19. The minimum absolute atomic E-state index is 0.116. The first-order valence-electron chi connectivity index (χ1n) is 9.80. The summed E-state index contributed by atoms with van der Waals surface area (Å²) in [6.07, 6.45) is 0.791. The van der Waals surface area contributed by atoms with Crippen LogP contribution >= 0.6 is 0 Å². The average molecular weight is 417 g/mol. The van der Waals surface area contributed by atoms with Crippen LogP contribution in [0, 0.1) is 5.92 Å². The van der Waals surface area contributed by atoms with Crippen molar-refractivity contribution in [2.24, 2.45) is 11.7 Å². The number of unbranched alkanes of at least 4 members (excludes halogenated alkanes) is 1. The van der Waals surface area contributed by atoms with E-state index < -0.39 is 47.6 Å². The van der Waals surface area contributed by atoms with E-state index in [1.165, 1.54) is 6.92 Å². The summed E-state index contributed by atoms with van der Waals surface area (Å²) in [4.78, 5) is 47.2. The second kappa shape index (κ2) is 12.3. The lowest BCUT2D eigenvalue weighted by atomic mass is 10.0. The van der Waals surface area contributed by atoms with Gasteiger partial charge in [-0.15, -0.1) is 0 Å². The van der Waals surface area contributed by atoms with Gasteiger partial charge in [-0.05, 0) is 52.9 Å². The summed E-state index contributed by atoms with van der Waals surface area (Å²) in [5, 5.41) is 16.5. The Hall–Kier alpha value is -2.36. The van der Waals surface area contributed by atoms with Gasteiger partial charge >= 0.3 is 12.1 Å². The Morgan fingerprint density at radius 1 is 1.00 bits per heavy atom. The Kier molecular flexibility index (Phi) is 11.3. The van der Waals surface area contributed by atoms with E-state index in [4.69, 9.17) is 15.6 Å². The number of carbonyl (C=O) groups excluding carboxylic acids is 3. The number of carboxylic acids is 1. The van der Waals surface area contributed by atoms with Gasteiger partial charge in [0.05, 0.1) is 6.04 Å². The van der Waals surface area contributed by atoms with Crippen molar-refractivity contribution in [1.82, 2.24) is 16.0 Å². The fourth-order valence-electron chi connectivity index (χ4n) is 2.19. The standard InChI is InChI=1S/C19H36N4O6/c1-11(2)14(20)16(25)23-13(15(24)22-12(3)17(26)27)9-7-8-10-21-18(28)29-19(4,5)6/h11-14H,7-10,20H2,1-6H3,(H,21,28)(H,22,24)(H,23,25)(H,26,27)/t12-,13+,14-/m1/s1. The molecule has 0 aromatic heterocycles. The zero-order valence-corrected chi connectivity index (χ0v) is 18.2. The quantitative estimate of drug-likeness (QED) is 0.310. The third-order valence-corrected chi connectivity index (χ3v) is 3.97. The molecule has 3 amide bonds. The number of nitrogens with one attached hydrogen (secondary N) is 3. The molecule has 168 valence electrons. The van der Waals surface area contributed by atoms with Crippen molar-refractivity contribution in [3.05, 3.63) is 0 Å². The first-order valence-corrected chi connectivity index (χ1v) is 9.80. The van der Waals surface area contributed by atoms with Crippen LogP contribution in [0.1, 0.15) is 60.8 Å². The predicted molar refractivity (Wildman–Crippen MR) is 108 cm³/mol. The van der Waals surface area contributed by atoms with Gasteiger partial charge in [0.25, 0.3) is 0 Å². The zero-order chi connectivity index (χ0) is 22.8. The van der Waals surface area contributed by atoms with Gasteiger partial charge in [-0.25, -0.2) is 4.79 Å². The normalized spacial score (nSPS) is 14.5. The van der Waals surface area contributed by atoms with Crippen molar-refractivity contribution in [1.29, 1.82) is 0 Å². The molecule has 10 heteroatoms. The van der Waals surface area contributed by atoms with Crippen LogP contribution in [0.5, 0.6) is 0 Å². The summed E-state index contributed by atoms with van der Waals surface area (Å²) in [7, 11) is 0. The summed E-state index contributed by atoms with van der Waals surface area (Å²) < 4.78 is 5.13. The number of alkyl carbamates (subject to hydrolysis) is 1.